The molecule has 12 heteroatoms. The summed E-state index contributed by atoms with van der Waals surface area (Å²) < 4.78 is 35.1. The highest BCUT2D eigenvalue weighted by Gasteiger charge is 2.50. The molecule has 3 aromatic rings. The molecule has 0 saturated carbocycles. The molecule has 3 aliphatic heterocycles. The Bertz CT molecular complexity index is 1100. The lowest BCUT2D eigenvalue weighted by molar-refractivity contribution is 0.0605. The van der Waals surface area contributed by atoms with Crippen LogP contribution in [-0.4, -0.2) is 64.4 Å². The first-order valence-electron chi connectivity index (χ1n) is 9.69. The van der Waals surface area contributed by atoms with Crippen molar-refractivity contribution in [3.63, 3.8) is 0 Å². The Balaban J connectivity index is 1.17. The summed E-state index contributed by atoms with van der Waals surface area (Å²) in [4.78, 5) is 12.3. The average Bonchev–Trinajstić information content (AvgIpc) is 3.57. The molecule has 1 N–H and O–H groups in total. The molecule has 12 nitrogen and oxygen atoms in total. The summed E-state index contributed by atoms with van der Waals surface area (Å²) in [5.41, 5.74) is 0. The summed E-state index contributed by atoms with van der Waals surface area (Å²) >= 11 is 0. The fraction of sp³-hybridized carbons (Fsp3) is 0.368. The maximum atomic E-state index is 12.3. The number of hydrogen-bond donors (Lipinski definition) is 1. The van der Waals surface area contributed by atoms with Crippen LogP contribution in [0.1, 0.15) is 16.6 Å². The summed E-state index contributed by atoms with van der Waals surface area (Å²) in [6.07, 6.45) is 0.765. The molecule has 6 rings (SSSR count). The van der Waals surface area contributed by atoms with E-state index in [1.54, 1.807) is 30.3 Å². The predicted molar refractivity (Wildman–Crippen MR) is 98.9 cm³/mol. The molecule has 160 valence electrons. The summed E-state index contributed by atoms with van der Waals surface area (Å²) in [6, 6.07) is 8.03. The Kier molecular flexibility index (Phi) is 4.25. The molecule has 31 heavy (non-hydrogen) atoms. The maximum absolute atomic E-state index is 12.3. The van der Waals surface area contributed by atoms with Crippen molar-refractivity contribution in [2.75, 3.05) is 20.0 Å². The van der Waals surface area contributed by atoms with Crippen molar-refractivity contribution in [3.05, 3.63) is 42.4 Å². The second-order valence-electron chi connectivity index (χ2n) is 7.24. The van der Waals surface area contributed by atoms with Gasteiger partial charge in [-0.1, -0.05) is 5.10 Å². The minimum absolute atomic E-state index is 0.175. The molecule has 0 bridgehead atoms. The molecule has 2 aromatic heterocycles. The number of hydrogen-bond acceptors (Lipinski definition) is 10. The highest BCUT2D eigenvalue weighted by Crippen LogP contribution is 2.38. The molecular weight excluding hydrogens is 410 g/mol. The van der Waals surface area contributed by atoms with Crippen LogP contribution < -0.4 is 19.5 Å². The summed E-state index contributed by atoms with van der Waals surface area (Å²) in [5.74, 6) is 1.67. The Morgan fingerprint density at radius 2 is 2.03 bits per heavy atom. The van der Waals surface area contributed by atoms with E-state index in [2.05, 4.69) is 20.8 Å². The number of amides is 1. The van der Waals surface area contributed by atoms with E-state index in [0.29, 0.717) is 30.5 Å². The SMILES string of the molecule is O=C(N[C@H]1CO[C@H]2[C@@H]1OC[C@@H]2n1nnnc1Oc1ccc2c(c1)OCO2)c1ccco1. The fourth-order valence-electron chi connectivity index (χ4n) is 3.97. The van der Waals surface area contributed by atoms with E-state index in [9.17, 15) is 4.79 Å². The second kappa shape index (κ2) is 7.25. The van der Waals surface area contributed by atoms with Gasteiger partial charge in [0.05, 0.1) is 25.5 Å². The fourth-order valence-corrected chi connectivity index (χ4v) is 3.97. The highest BCUT2D eigenvalue weighted by atomic mass is 16.7. The Labute approximate surface area is 175 Å². The minimum Gasteiger partial charge on any atom is -0.459 e. The molecule has 2 saturated heterocycles. The van der Waals surface area contributed by atoms with E-state index in [4.69, 9.17) is 28.1 Å². The number of rotatable bonds is 5. The van der Waals surface area contributed by atoms with Gasteiger partial charge >= 0.3 is 6.01 Å². The molecule has 0 unspecified atom stereocenters. The number of ether oxygens (including phenoxy) is 5. The monoisotopic (exact) mass is 427 g/mol. The van der Waals surface area contributed by atoms with Gasteiger partial charge in [0.25, 0.3) is 5.91 Å². The molecule has 0 aliphatic carbocycles. The minimum atomic E-state index is -0.343. The molecule has 4 atom stereocenters. The van der Waals surface area contributed by atoms with Gasteiger partial charge in [-0.05, 0) is 34.7 Å². The van der Waals surface area contributed by atoms with Crippen LogP contribution in [0.25, 0.3) is 0 Å². The van der Waals surface area contributed by atoms with Crippen molar-refractivity contribution < 1.29 is 32.9 Å². The second-order valence-corrected chi connectivity index (χ2v) is 7.24. The van der Waals surface area contributed by atoms with Crippen LogP contribution in [0.5, 0.6) is 23.3 Å². The van der Waals surface area contributed by atoms with E-state index in [1.807, 2.05) is 0 Å². The summed E-state index contributed by atoms with van der Waals surface area (Å²) in [5, 5.41) is 14.7. The molecular formula is C19H17N5O7. The van der Waals surface area contributed by atoms with Crippen molar-refractivity contribution in [1.82, 2.24) is 25.5 Å². The first-order valence-corrected chi connectivity index (χ1v) is 9.69. The highest BCUT2D eigenvalue weighted by molar-refractivity contribution is 5.91. The predicted octanol–water partition coefficient (Wildman–Crippen LogP) is 0.924. The smallest absolute Gasteiger partial charge is 0.341 e. The molecule has 5 heterocycles. The quantitative estimate of drug-likeness (QED) is 0.627. The Morgan fingerprint density at radius 1 is 1.13 bits per heavy atom. The van der Waals surface area contributed by atoms with Crippen LogP contribution in [0.2, 0.25) is 0 Å². The zero-order valence-electron chi connectivity index (χ0n) is 16.0. The third kappa shape index (κ3) is 3.16. The number of tetrazole rings is 1. The van der Waals surface area contributed by atoms with Crippen molar-refractivity contribution in [2.24, 2.45) is 0 Å². The Morgan fingerprint density at radius 3 is 2.94 bits per heavy atom. The van der Waals surface area contributed by atoms with E-state index in [-0.39, 0.29) is 48.8 Å². The van der Waals surface area contributed by atoms with Crippen LogP contribution in [0.3, 0.4) is 0 Å². The van der Waals surface area contributed by atoms with Gasteiger partial charge in [0, 0.05) is 6.07 Å². The first kappa shape index (κ1) is 18.2. The van der Waals surface area contributed by atoms with Gasteiger partial charge in [0.15, 0.2) is 17.3 Å². The molecule has 1 aromatic carbocycles. The van der Waals surface area contributed by atoms with Gasteiger partial charge in [-0.25, -0.2) is 0 Å². The van der Waals surface area contributed by atoms with Crippen LogP contribution in [-0.2, 0) is 9.47 Å². The number of carbonyl (C=O) groups is 1. The zero-order valence-corrected chi connectivity index (χ0v) is 16.0. The number of fused-ring (bicyclic) bond motifs is 2. The molecule has 2 fully saturated rings. The summed E-state index contributed by atoms with van der Waals surface area (Å²) in [6.45, 7) is 0.789. The number of nitrogens with zero attached hydrogens (tertiary/aromatic N) is 4. The van der Waals surface area contributed by atoms with E-state index in [1.165, 1.54) is 10.9 Å². The summed E-state index contributed by atoms with van der Waals surface area (Å²) in [7, 11) is 0. The largest absolute Gasteiger partial charge is 0.459 e. The normalized spacial score (nSPS) is 26.1. The van der Waals surface area contributed by atoms with Gasteiger partial charge in [-0.3, -0.25) is 4.79 Å². The standard InChI is InChI=1S/C19H17N5O7/c25-18(14-2-1-5-26-14)20-11-7-27-17-12(8-28-16(11)17)24-19(21-22-23-24)31-10-3-4-13-15(6-10)30-9-29-13/h1-6,11-12,16-17H,7-9H2,(H,20,25)/t11-,12-,16+,17+/m0/s1. The third-order valence-electron chi connectivity index (χ3n) is 5.42. The van der Waals surface area contributed by atoms with Crippen LogP contribution in [0, 0.1) is 0 Å². The van der Waals surface area contributed by atoms with Gasteiger partial charge in [-0.15, -0.1) is 0 Å². The molecule has 0 spiro atoms. The van der Waals surface area contributed by atoms with Crippen molar-refractivity contribution >= 4 is 5.91 Å². The van der Waals surface area contributed by atoms with Gasteiger partial charge in [0.2, 0.25) is 6.79 Å². The van der Waals surface area contributed by atoms with Crippen LogP contribution in [0.4, 0.5) is 0 Å². The van der Waals surface area contributed by atoms with Crippen molar-refractivity contribution in [2.45, 2.75) is 24.3 Å². The van der Waals surface area contributed by atoms with Gasteiger partial charge < -0.3 is 33.4 Å². The number of carbonyl (C=O) groups excluding carboxylic acids is 1. The molecule has 0 radical (unpaired) electrons. The van der Waals surface area contributed by atoms with Crippen molar-refractivity contribution in [1.29, 1.82) is 0 Å². The topological polar surface area (TPSA) is 132 Å². The van der Waals surface area contributed by atoms with Crippen LogP contribution in [0.15, 0.2) is 41.0 Å². The number of aromatic nitrogens is 4. The first-order chi connectivity index (χ1) is 15.3. The van der Waals surface area contributed by atoms with E-state index >= 15 is 0 Å². The average molecular weight is 427 g/mol. The molecule has 1 amide bonds. The van der Waals surface area contributed by atoms with E-state index < -0.39 is 0 Å². The number of nitrogens with one attached hydrogen (secondary N) is 1. The van der Waals surface area contributed by atoms with Gasteiger partial charge in [-0.2, -0.15) is 4.68 Å². The van der Waals surface area contributed by atoms with Crippen molar-refractivity contribution in [3.8, 4) is 23.3 Å². The van der Waals surface area contributed by atoms with Crippen LogP contribution >= 0.6 is 0 Å². The maximum Gasteiger partial charge on any atom is 0.341 e. The lowest BCUT2D eigenvalue weighted by atomic mass is 10.1. The molecule has 3 aliphatic rings. The third-order valence-corrected chi connectivity index (χ3v) is 5.42. The lowest BCUT2D eigenvalue weighted by Crippen LogP contribution is -2.44. The number of benzene rings is 1. The lowest BCUT2D eigenvalue weighted by Gasteiger charge is -2.17. The Hall–Kier alpha value is -3.64. The van der Waals surface area contributed by atoms with Gasteiger partial charge in [0.1, 0.15) is 24.0 Å². The number of furan rings is 1. The van der Waals surface area contributed by atoms with E-state index in [0.717, 1.165) is 0 Å². The zero-order chi connectivity index (χ0) is 20.8.